The van der Waals surface area contributed by atoms with Crippen LogP contribution < -0.4 is 9.64 Å². The molecule has 0 saturated heterocycles. The van der Waals surface area contributed by atoms with Gasteiger partial charge in [0.2, 0.25) is 0 Å². The molecule has 1 amide bonds. The lowest BCUT2D eigenvalue weighted by Crippen LogP contribution is -2.41. The largest absolute Gasteiger partial charge is 0.490 e. The maximum absolute atomic E-state index is 12.8. The summed E-state index contributed by atoms with van der Waals surface area (Å²) in [7, 11) is 1.29. The van der Waals surface area contributed by atoms with Gasteiger partial charge in [-0.25, -0.2) is 0 Å². The van der Waals surface area contributed by atoms with Gasteiger partial charge in [-0.1, -0.05) is 18.2 Å². The molecule has 2 aromatic carbocycles. The fourth-order valence-electron chi connectivity index (χ4n) is 3.33. The summed E-state index contributed by atoms with van der Waals surface area (Å²) in [5.74, 6) is -1.14. The Balaban J connectivity index is 1.98. The lowest BCUT2D eigenvalue weighted by atomic mass is 9.88. The van der Waals surface area contributed by atoms with E-state index in [1.807, 2.05) is 0 Å². The molecule has 3 rings (SSSR count). The summed E-state index contributed by atoms with van der Waals surface area (Å²) in [5, 5.41) is 22.2. The highest BCUT2D eigenvalue weighted by molar-refractivity contribution is 6.10. The van der Waals surface area contributed by atoms with E-state index < -0.39 is 28.6 Å². The number of benzene rings is 2. The molecule has 1 aliphatic heterocycles. The zero-order valence-electron chi connectivity index (χ0n) is 14.8. The van der Waals surface area contributed by atoms with Gasteiger partial charge >= 0.3 is 5.69 Å². The van der Waals surface area contributed by atoms with E-state index in [0.29, 0.717) is 17.8 Å². The van der Waals surface area contributed by atoms with Crippen molar-refractivity contribution in [3.8, 4) is 5.75 Å². The number of anilines is 1. The molecule has 0 saturated carbocycles. The van der Waals surface area contributed by atoms with Crippen molar-refractivity contribution in [3.63, 3.8) is 0 Å². The number of nitro benzene ring substituents is 1. The number of ketones is 1. The van der Waals surface area contributed by atoms with Crippen molar-refractivity contribution in [2.75, 3.05) is 18.6 Å². The number of carbonyl (C=O) groups is 2. The molecular formula is C19H18N2O6. The van der Waals surface area contributed by atoms with Crippen molar-refractivity contribution in [2.24, 2.45) is 0 Å². The van der Waals surface area contributed by atoms with Gasteiger partial charge in [-0.2, -0.15) is 0 Å². The van der Waals surface area contributed by atoms with Gasteiger partial charge in [0.25, 0.3) is 5.91 Å². The first kappa shape index (κ1) is 18.5. The minimum Gasteiger partial charge on any atom is -0.490 e. The number of para-hydroxylation sites is 1. The number of hydrogen-bond donors (Lipinski definition) is 1. The second kappa shape index (κ2) is 6.81. The van der Waals surface area contributed by atoms with Crippen LogP contribution in [0.5, 0.6) is 5.75 Å². The molecule has 27 heavy (non-hydrogen) atoms. The minimum absolute atomic E-state index is 0.0229. The number of ether oxygens (including phenoxy) is 1. The van der Waals surface area contributed by atoms with E-state index in [0.717, 1.165) is 6.07 Å². The molecule has 140 valence electrons. The van der Waals surface area contributed by atoms with Gasteiger partial charge in [0.15, 0.2) is 17.1 Å². The molecular weight excluding hydrogens is 352 g/mol. The number of amides is 1. The van der Waals surface area contributed by atoms with Crippen molar-refractivity contribution in [2.45, 2.75) is 18.9 Å². The molecule has 1 heterocycles. The highest BCUT2D eigenvalue weighted by atomic mass is 16.6. The number of fused-ring (bicyclic) bond motifs is 1. The summed E-state index contributed by atoms with van der Waals surface area (Å²) >= 11 is 0. The standard InChI is InChI=1S/C19H18N2O6/c1-3-20-14-7-5-4-6-13(14)19(24,18(20)23)11-16(22)12-8-9-17(27-2)15(10-12)21(25)26/h4-10,24H,3,11H2,1-2H3. The van der Waals surface area contributed by atoms with Crippen LogP contribution in [0.25, 0.3) is 0 Å². The van der Waals surface area contributed by atoms with Crippen LogP contribution in [0.4, 0.5) is 11.4 Å². The molecule has 1 N–H and O–H groups in total. The zero-order chi connectivity index (χ0) is 19.8. The second-order valence-corrected chi connectivity index (χ2v) is 6.17. The molecule has 0 spiro atoms. The van der Waals surface area contributed by atoms with Crippen LogP contribution in [0.15, 0.2) is 42.5 Å². The van der Waals surface area contributed by atoms with Gasteiger partial charge in [-0.05, 0) is 25.1 Å². The number of aliphatic hydroxyl groups is 1. The van der Waals surface area contributed by atoms with Crippen LogP contribution in [0, 0.1) is 10.1 Å². The van der Waals surface area contributed by atoms with E-state index >= 15 is 0 Å². The van der Waals surface area contributed by atoms with E-state index in [2.05, 4.69) is 0 Å². The number of Topliss-reactive ketones (excluding diaryl/α,β-unsaturated/α-hetero) is 1. The summed E-state index contributed by atoms with van der Waals surface area (Å²) in [6.45, 7) is 2.12. The normalized spacial score (nSPS) is 18.3. The molecule has 0 radical (unpaired) electrons. The Morgan fingerprint density at radius 2 is 2.00 bits per heavy atom. The number of rotatable bonds is 6. The molecule has 1 aliphatic rings. The van der Waals surface area contributed by atoms with Crippen LogP contribution in [0.3, 0.4) is 0 Å². The van der Waals surface area contributed by atoms with Crippen LogP contribution in [-0.4, -0.2) is 35.4 Å². The smallest absolute Gasteiger partial charge is 0.311 e. The second-order valence-electron chi connectivity index (χ2n) is 6.17. The third kappa shape index (κ3) is 2.93. The molecule has 0 bridgehead atoms. The molecule has 0 aromatic heterocycles. The van der Waals surface area contributed by atoms with Gasteiger partial charge < -0.3 is 14.7 Å². The Bertz CT molecular complexity index is 942. The molecule has 1 atom stereocenters. The number of nitro groups is 1. The third-order valence-corrected chi connectivity index (χ3v) is 4.67. The SMILES string of the molecule is CCN1C(=O)C(O)(CC(=O)c2ccc(OC)c([N+](=O)[O-])c2)c2ccccc21. The highest BCUT2D eigenvalue weighted by Crippen LogP contribution is 2.42. The molecule has 0 fully saturated rings. The van der Waals surface area contributed by atoms with Gasteiger partial charge in [-0.15, -0.1) is 0 Å². The first-order chi connectivity index (χ1) is 12.8. The first-order valence-electron chi connectivity index (χ1n) is 8.33. The van der Waals surface area contributed by atoms with E-state index in [-0.39, 0.29) is 17.0 Å². The summed E-state index contributed by atoms with van der Waals surface area (Å²) in [6.07, 6.45) is -0.511. The van der Waals surface area contributed by atoms with Gasteiger partial charge in [0, 0.05) is 23.7 Å². The Morgan fingerprint density at radius 3 is 2.63 bits per heavy atom. The first-order valence-corrected chi connectivity index (χ1v) is 8.33. The maximum atomic E-state index is 12.8. The van der Waals surface area contributed by atoms with E-state index in [1.165, 1.54) is 24.1 Å². The average Bonchev–Trinajstić information content (AvgIpc) is 2.88. The van der Waals surface area contributed by atoms with Gasteiger partial charge in [0.05, 0.1) is 24.1 Å². The Kier molecular flexibility index (Phi) is 4.67. The topological polar surface area (TPSA) is 110 Å². The van der Waals surface area contributed by atoms with Crippen LogP contribution in [-0.2, 0) is 10.4 Å². The number of nitrogens with zero attached hydrogens (tertiary/aromatic N) is 2. The summed E-state index contributed by atoms with van der Waals surface area (Å²) in [5.41, 5.74) is -1.42. The summed E-state index contributed by atoms with van der Waals surface area (Å²) in [6, 6.07) is 10.5. The quantitative estimate of drug-likeness (QED) is 0.475. The summed E-state index contributed by atoms with van der Waals surface area (Å²) < 4.78 is 4.92. The van der Waals surface area contributed by atoms with Gasteiger partial charge in [0.1, 0.15) is 0 Å². The van der Waals surface area contributed by atoms with E-state index in [9.17, 15) is 24.8 Å². The Morgan fingerprint density at radius 1 is 1.30 bits per heavy atom. The van der Waals surface area contributed by atoms with Crippen LogP contribution >= 0.6 is 0 Å². The van der Waals surface area contributed by atoms with E-state index in [1.54, 1.807) is 31.2 Å². The lowest BCUT2D eigenvalue weighted by molar-refractivity contribution is -0.385. The maximum Gasteiger partial charge on any atom is 0.311 e. The van der Waals surface area contributed by atoms with Crippen molar-refractivity contribution < 1.29 is 24.4 Å². The number of methoxy groups -OCH3 is 1. The zero-order valence-corrected chi connectivity index (χ0v) is 14.8. The predicted molar refractivity (Wildman–Crippen MR) is 97.0 cm³/mol. The van der Waals surface area contributed by atoms with Crippen molar-refractivity contribution in [1.29, 1.82) is 0 Å². The van der Waals surface area contributed by atoms with Crippen molar-refractivity contribution in [3.05, 3.63) is 63.7 Å². The fraction of sp³-hybridized carbons (Fsp3) is 0.263. The monoisotopic (exact) mass is 370 g/mol. The minimum atomic E-state index is -2.00. The van der Waals surface area contributed by atoms with Crippen molar-refractivity contribution >= 4 is 23.1 Å². The fourth-order valence-corrected chi connectivity index (χ4v) is 3.33. The number of likely N-dealkylation sites (N-methyl/N-ethyl adjacent to an activating group) is 1. The Hall–Kier alpha value is -3.26. The molecule has 0 aliphatic carbocycles. The van der Waals surface area contributed by atoms with Crippen molar-refractivity contribution in [1.82, 2.24) is 0 Å². The van der Waals surface area contributed by atoms with Gasteiger partial charge in [-0.3, -0.25) is 19.7 Å². The third-order valence-electron chi connectivity index (χ3n) is 4.67. The highest BCUT2D eigenvalue weighted by Gasteiger charge is 2.50. The number of carbonyl (C=O) groups excluding carboxylic acids is 2. The molecule has 2 aromatic rings. The van der Waals surface area contributed by atoms with E-state index in [4.69, 9.17) is 4.74 Å². The summed E-state index contributed by atoms with van der Waals surface area (Å²) in [4.78, 5) is 37.4. The lowest BCUT2D eigenvalue weighted by Gasteiger charge is -2.22. The molecule has 1 unspecified atom stereocenters. The predicted octanol–water partition coefficient (Wildman–Crippen LogP) is 2.43. The van der Waals surface area contributed by atoms with Crippen LogP contribution in [0.1, 0.15) is 29.3 Å². The Labute approximate surface area is 155 Å². The average molecular weight is 370 g/mol. The molecule has 8 nitrogen and oxygen atoms in total. The molecule has 8 heteroatoms. The van der Waals surface area contributed by atoms with Crippen LogP contribution in [0.2, 0.25) is 0 Å². The number of hydrogen-bond acceptors (Lipinski definition) is 6.